The smallest absolute Gasteiger partial charge is 0.0558 e. The third kappa shape index (κ3) is 3.92. The topological polar surface area (TPSA) is 38.7 Å². The van der Waals surface area contributed by atoms with E-state index in [1.165, 1.54) is 45.3 Å². The molecule has 0 aromatic rings. The molecule has 0 aromatic carbocycles. The van der Waals surface area contributed by atoms with Gasteiger partial charge in [0.2, 0.25) is 0 Å². The van der Waals surface area contributed by atoms with Crippen molar-refractivity contribution in [1.29, 1.82) is 0 Å². The third-order valence-electron chi connectivity index (χ3n) is 4.62. The highest BCUT2D eigenvalue weighted by molar-refractivity contribution is 4.85. The molecule has 1 aliphatic heterocycles. The molecule has 2 rings (SSSR count). The van der Waals surface area contributed by atoms with Crippen LogP contribution in [0.2, 0.25) is 0 Å². The molecule has 2 unspecified atom stereocenters. The molecule has 18 heavy (non-hydrogen) atoms. The molecule has 1 saturated heterocycles. The summed E-state index contributed by atoms with van der Waals surface area (Å²) in [6.07, 6.45) is 5.38. The van der Waals surface area contributed by atoms with Crippen molar-refractivity contribution >= 4 is 0 Å². The third-order valence-corrected chi connectivity index (χ3v) is 4.62. The van der Waals surface area contributed by atoms with E-state index in [4.69, 9.17) is 5.11 Å². The Morgan fingerprint density at radius 1 is 1.06 bits per heavy atom. The van der Waals surface area contributed by atoms with Crippen LogP contribution in [0.3, 0.4) is 0 Å². The van der Waals surface area contributed by atoms with E-state index in [-0.39, 0.29) is 0 Å². The van der Waals surface area contributed by atoms with Gasteiger partial charge in [0.1, 0.15) is 0 Å². The van der Waals surface area contributed by atoms with Gasteiger partial charge in [0.25, 0.3) is 0 Å². The second-order valence-corrected chi connectivity index (χ2v) is 5.81. The van der Waals surface area contributed by atoms with Crippen molar-refractivity contribution < 1.29 is 5.11 Å². The molecule has 2 fully saturated rings. The molecular formula is C14H29N3O. The lowest BCUT2D eigenvalue weighted by molar-refractivity contribution is 0.189. The fourth-order valence-corrected chi connectivity index (χ4v) is 3.54. The molecule has 0 spiro atoms. The van der Waals surface area contributed by atoms with Crippen LogP contribution in [0.1, 0.15) is 25.7 Å². The highest BCUT2D eigenvalue weighted by Crippen LogP contribution is 2.26. The summed E-state index contributed by atoms with van der Waals surface area (Å²) in [5, 5.41) is 12.5. The first-order valence-electron chi connectivity index (χ1n) is 7.56. The largest absolute Gasteiger partial charge is 0.395 e. The van der Waals surface area contributed by atoms with Gasteiger partial charge in [-0.05, 0) is 45.3 Å². The number of aliphatic hydroxyl groups excluding tert-OH is 1. The first kappa shape index (κ1) is 14.3. The molecular weight excluding hydrogens is 226 g/mol. The van der Waals surface area contributed by atoms with Crippen molar-refractivity contribution in [2.24, 2.45) is 5.92 Å². The SMILES string of the molecule is CNC1CCCC1CN1CCCN(CCO)CC1. The van der Waals surface area contributed by atoms with Crippen molar-refractivity contribution in [1.82, 2.24) is 15.1 Å². The second-order valence-electron chi connectivity index (χ2n) is 5.81. The summed E-state index contributed by atoms with van der Waals surface area (Å²) in [4.78, 5) is 5.03. The molecule has 0 aromatic heterocycles. The fraction of sp³-hybridized carbons (Fsp3) is 1.00. The van der Waals surface area contributed by atoms with Crippen LogP contribution in [0, 0.1) is 5.92 Å². The van der Waals surface area contributed by atoms with Gasteiger partial charge >= 0.3 is 0 Å². The molecule has 106 valence electrons. The van der Waals surface area contributed by atoms with Gasteiger partial charge in [0.05, 0.1) is 6.61 Å². The van der Waals surface area contributed by atoms with Crippen molar-refractivity contribution in [2.45, 2.75) is 31.7 Å². The highest BCUT2D eigenvalue weighted by atomic mass is 16.3. The van der Waals surface area contributed by atoms with Gasteiger partial charge in [-0.3, -0.25) is 4.90 Å². The average molecular weight is 255 g/mol. The maximum atomic E-state index is 9.01. The van der Waals surface area contributed by atoms with Crippen LogP contribution in [-0.2, 0) is 0 Å². The first-order valence-corrected chi connectivity index (χ1v) is 7.56. The Kier molecular flexibility index (Phi) is 5.89. The zero-order valence-corrected chi connectivity index (χ0v) is 11.8. The Morgan fingerprint density at radius 3 is 2.61 bits per heavy atom. The molecule has 1 heterocycles. The lowest BCUT2D eigenvalue weighted by Gasteiger charge is -2.27. The van der Waals surface area contributed by atoms with Crippen LogP contribution < -0.4 is 5.32 Å². The molecule has 2 atom stereocenters. The Labute approximate surface area is 111 Å². The van der Waals surface area contributed by atoms with E-state index in [2.05, 4.69) is 22.2 Å². The van der Waals surface area contributed by atoms with Crippen LogP contribution >= 0.6 is 0 Å². The molecule has 4 nitrogen and oxygen atoms in total. The lowest BCUT2D eigenvalue weighted by atomic mass is 10.0. The van der Waals surface area contributed by atoms with Crippen LogP contribution in [0.4, 0.5) is 0 Å². The summed E-state index contributed by atoms with van der Waals surface area (Å²) in [6.45, 7) is 7.08. The molecule has 2 aliphatic rings. The number of hydrogen-bond acceptors (Lipinski definition) is 4. The van der Waals surface area contributed by atoms with E-state index < -0.39 is 0 Å². The van der Waals surface area contributed by atoms with E-state index in [0.717, 1.165) is 31.6 Å². The molecule has 0 radical (unpaired) electrons. The van der Waals surface area contributed by atoms with Gasteiger partial charge < -0.3 is 15.3 Å². The minimum atomic E-state index is 0.296. The van der Waals surface area contributed by atoms with Crippen LogP contribution in [0.25, 0.3) is 0 Å². The summed E-state index contributed by atoms with van der Waals surface area (Å²) in [7, 11) is 2.11. The molecule has 1 aliphatic carbocycles. The standard InChI is InChI=1S/C14H29N3O/c1-15-14-5-2-4-13(14)12-17-7-3-6-16(8-9-17)10-11-18/h13-15,18H,2-12H2,1H3. The van der Waals surface area contributed by atoms with Crippen molar-refractivity contribution in [2.75, 3.05) is 52.9 Å². The molecule has 2 N–H and O–H groups in total. The maximum Gasteiger partial charge on any atom is 0.0558 e. The number of β-amino-alcohol motifs (C(OH)–C–C–N with tert-alkyl or cyclic N) is 1. The summed E-state index contributed by atoms with van der Waals surface area (Å²) in [5.41, 5.74) is 0. The molecule has 1 saturated carbocycles. The van der Waals surface area contributed by atoms with Crippen LogP contribution in [0.15, 0.2) is 0 Å². The van der Waals surface area contributed by atoms with E-state index in [1.54, 1.807) is 0 Å². The summed E-state index contributed by atoms with van der Waals surface area (Å²) in [5.74, 6) is 0.847. The van der Waals surface area contributed by atoms with Gasteiger partial charge in [-0.25, -0.2) is 0 Å². The maximum absolute atomic E-state index is 9.01. The summed E-state index contributed by atoms with van der Waals surface area (Å²) < 4.78 is 0. The second kappa shape index (κ2) is 7.43. The predicted molar refractivity (Wildman–Crippen MR) is 74.8 cm³/mol. The average Bonchev–Trinajstić information content (AvgIpc) is 2.71. The quantitative estimate of drug-likeness (QED) is 0.745. The number of nitrogens with one attached hydrogen (secondary N) is 1. The normalized spacial score (nSPS) is 31.7. The number of rotatable bonds is 5. The molecule has 0 bridgehead atoms. The van der Waals surface area contributed by atoms with E-state index in [0.29, 0.717) is 6.61 Å². The van der Waals surface area contributed by atoms with E-state index in [9.17, 15) is 0 Å². The van der Waals surface area contributed by atoms with Gasteiger partial charge in [0.15, 0.2) is 0 Å². The van der Waals surface area contributed by atoms with E-state index >= 15 is 0 Å². The van der Waals surface area contributed by atoms with Gasteiger partial charge in [0, 0.05) is 32.2 Å². The van der Waals surface area contributed by atoms with Crippen LogP contribution in [-0.4, -0.2) is 73.9 Å². The Hall–Kier alpha value is -0.160. The monoisotopic (exact) mass is 255 g/mol. The van der Waals surface area contributed by atoms with E-state index in [1.807, 2.05) is 0 Å². The van der Waals surface area contributed by atoms with Crippen molar-refractivity contribution in [3.63, 3.8) is 0 Å². The number of nitrogens with zero attached hydrogens (tertiary/aromatic N) is 2. The number of aliphatic hydroxyl groups is 1. The minimum Gasteiger partial charge on any atom is -0.395 e. The van der Waals surface area contributed by atoms with Gasteiger partial charge in [-0.2, -0.15) is 0 Å². The first-order chi connectivity index (χ1) is 8.83. The highest BCUT2D eigenvalue weighted by Gasteiger charge is 2.28. The lowest BCUT2D eigenvalue weighted by Crippen LogP contribution is -2.39. The predicted octanol–water partition coefficient (Wildman–Crippen LogP) is 0.375. The number of hydrogen-bond donors (Lipinski definition) is 2. The summed E-state index contributed by atoms with van der Waals surface area (Å²) >= 11 is 0. The Bertz CT molecular complexity index is 237. The zero-order chi connectivity index (χ0) is 12.8. The van der Waals surface area contributed by atoms with Gasteiger partial charge in [-0.15, -0.1) is 0 Å². The fourth-order valence-electron chi connectivity index (χ4n) is 3.54. The zero-order valence-electron chi connectivity index (χ0n) is 11.8. The van der Waals surface area contributed by atoms with Crippen molar-refractivity contribution in [3.8, 4) is 0 Å². The van der Waals surface area contributed by atoms with Crippen LogP contribution in [0.5, 0.6) is 0 Å². The van der Waals surface area contributed by atoms with Crippen molar-refractivity contribution in [3.05, 3.63) is 0 Å². The summed E-state index contributed by atoms with van der Waals surface area (Å²) in [6, 6.07) is 0.738. The molecule has 0 amide bonds. The minimum absolute atomic E-state index is 0.296. The Morgan fingerprint density at radius 2 is 1.83 bits per heavy atom. The molecule has 4 heteroatoms. The Balaban J connectivity index is 1.76. The van der Waals surface area contributed by atoms with Gasteiger partial charge in [-0.1, -0.05) is 6.42 Å².